The van der Waals surface area contributed by atoms with Crippen LogP contribution < -0.4 is 10.6 Å². The molecule has 2 N–H and O–H groups in total. The number of rotatable bonds is 7. The quantitative estimate of drug-likeness (QED) is 0.342. The van der Waals surface area contributed by atoms with Crippen molar-refractivity contribution < 1.29 is 0 Å². The van der Waals surface area contributed by atoms with Crippen LogP contribution in [0.2, 0.25) is 0 Å². The third kappa shape index (κ3) is 5.84. The minimum absolute atomic E-state index is 0. The van der Waals surface area contributed by atoms with Gasteiger partial charge in [0.05, 0.1) is 5.69 Å². The molecule has 2 fully saturated rings. The first-order valence-corrected chi connectivity index (χ1v) is 10.9. The van der Waals surface area contributed by atoms with Gasteiger partial charge in [0, 0.05) is 57.6 Å². The summed E-state index contributed by atoms with van der Waals surface area (Å²) in [6.07, 6.45) is 8.92. The SMILES string of the molecule is CCc1nn(C)c(CC)c1CNC(=NC)NC1CCN(CC2CCCC2)C1.I. The third-order valence-corrected chi connectivity index (χ3v) is 6.29. The second kappa shape index (κ2) is 11.4. The first kappa shape index (κ1) is 23.4. The Morgan fingerprint density at radius 2 is 1.93 bits per heavy atom. The number of aromatic nitrogens is 2. The summed E-state index contributed by atoms with van der Waals surface area (Å²) in [6, 6.07) is 0.503. The first-order valence-electron chi connectivity index (χ1n) is 10.9. The van der Waals surface area contributed by atoms with Crippen molar-refractivity contribution in [3.05, 3.63) is 17.0 Å². The fraction of sp³-hybridized carbons (Fsp3) is 0.810. The van der Waals surface area contributed by atoms with Gasteiger partial charge in [-0.25, -0.2) is 0 Å². The monoisotopic (exact) mass is 502 g/mol. The molecule has 160 valence electrons. The Labute approximate surface area is 187 Å². The van der Waals surface area contributed by atoms with Gasteiger partial charge in [0.2, 0.25) is 0 Å². The highest BCUT2D eigenvalue weighted by atomic mass is 127. The Kier molecular flexibility index (Phi) is 9.53. The smallest absolute Gasteiger partial charge is 0.191 e. The average Bonchev–Trinajstić information content (AvgIpc) is 3.39. The molecule has 1 atom stereocenters. The summed E-state index contributed by atoms with van der Waals surface area (Å²) in [6.45, 7) is 8.82. The second-order valence-electron chi connectivity index (χ2n) is 8.17. The van der Waals surface area contributed by atoms with Crippen LogP contribution in [-0.2, 0) is 26.4 Å². The molecule has 2 heterocycles. The lowest BCUT2D eigenvalue weighted by molar-refractivity contribution is 0.275. The molecule has 3 rings (SSSR count). The fourth-order valence-corrected chi connectivity index (χ4v) is 4.83. The minimum Gasteiger partial charge on any atom is -0.352 e. The molecule has 1 aliphatic heterocycles. The van der Waals surface area contributed by atoms with Crippen LogP contribution in [-0.4, -0.2) is 53.4 Å². The van der Waals surface area contributed by atoms with E-state index in [1.54, 1.807) is 0 Å². The summed E-state index contributed by atoms with van der Waals surface area (Å²) >= 11 is 0. The molecule has 1 unspecified atom stereocenters. The van der Waals surface area contributed by atoms with Gasteiger partial charge in [-0.3, -0.25) is 9.67 Å². The molecule has 0 amide bonds. The first-order chi connectivity index (χ1) is 13.1. The second-order valence-corrected chi connectivity index (χ2v) is 8.17. The molecule has 0 radical (unpaired) electrons. The van der Waals surface area contributed by atoms with E-state index >= 15 is 0 Å². The lowest BCUT2D eigenvalue weighted by Crippen LogP contribution is -2.44. The molecule has 0 aromatic carbocycles. The van der Waals surface area contributed by atoms with Crippen LogP contribution in [0.4, 0.5) is 0 Å². The zero-order valence-electron chi connectivity index (χ0n) is 18.1. The van der Waals surface area contributed by atoms with E-state index in [0.717, 1.165) is 37.8 Å². The standard InChI is InChI=1S/C21H38N6.HI/c1-5-19-18(20(6-2)26(4)25-19)13-23-21(22-3)24-17-11-12-27(15-17)14-16-9-7-8-10-16;/h16-17H,5-15H2,1-4H3,(H2,22,23,24);1H. The molecule has 1 aromatic heterocycles. The summed E-state index contributed by atoms with van der Waals surface area (Å²) in [5.41, 5.74) is 3.85. The predicted octanol–water partition coefficient (Wildman–Crippen LogP) is 3.09. The van der Waals surface area contributed by atoms with Gasteiger partial charge in [-0.15, -0.1) is 24.0 Å². The highest BCUT2D eigenvalue weighted by Crippen LogP contribution is 2.26. The van der Waals surface area contributed by atoms with E-state index in [-0.39, 0.29) is 24.0 Å². The van der Waals surface area contributed by atoms with Crippen LogP contribution in [0.1, 0.15) is 62.9 Å². The van der Waals surface area contributed by atoms with E-state index in [2.05, 4.69) is 39.5 Å². The third-order valence-electron chi connectivity index (χ3n) is 6.29. The summed E-state index contributed by atoms with van der Waals surface area (Å²) in [7, 11) is 3.91. The number of guanidine groups is 1. The largest absolute Gasteiger partial charge is 0.352 e. The number of likely N-dealkylation sites (tertiary alicyclic amines) is 1. The van der Waals surface area contributed by atoms with Crippen molar-refractivity contribution in [3.63, 3.8) is 0 Å². The van der Waals surface area contributed by atoms with Gasteiger partial charge in [-0.2, -0.15) is 5.10 Å². The number of hydrogen-bond donors (Lipinski definition) is 2. The Morgan fingerprint density at radius 3 is 2.57 bits per heavy atom. The number of nitrogens with one attached hydrogen (secondary N) is 2. The lowest BCUT2D eigenvalue weighted by Gasteiger charge is -2.21. The van der Waals surface area contributed by atoms with Crippen LogP contribution in [0.5, 0.6) is 0 Å². The molecule has 1 aromatic rings. The van der Waals surface area contributed by atoms with Crippen LogP contribution in [0.15, 0.2) is 4.99 Å². The molecular weight excluding hydrogens is 463 g/mol. The zero-order valence-corrected chi connectivity index (χ0v) is 20.5. The zero-order chi connectivity index (χ0) is 19.2. The summed E-state index contributed by atoms with van der Waals surface area (Å²) < 4.78 is 2.03. The average molecular weight is 502 g/mol. The molecule has 7 heteroatoms. The normalized spacial score (nSPS) is 21.1. The number of hydrogen-bond acceptors (Lipinski definition) is 3. The molecule has 2 aliphatic rings. The van der Waals surface area contributed by atoms with Gasteiger partial charge in [0.15, 0.2) is 5.96 Å². The van der Waals surface area contributed by atoms with Crippen LogP contribution >= 0.6 is 24.0 Å². The topological polar surface area (TPSA) is 57.5 Å². The van der Waals surface area contributed by atoms with Crippen molar-refractivity contribution >= 4 is 29.9 Å². The molecule has 6 nitrogen and oxygen atoms in total. The molecule has 1 saturated carbocycles. The molecule has 28 heavy (non-hydrogen) atoms. The summed E-state index contributed by atoms with van der Waals surface area (Å²) in [5.74, 6) is 1.85. The fourth-order valence-electron chi connectivity index (χ4n) is 4.83. The van der Waals surface area contributed by atoms with Gasteiger partial charge in [-0.1, -0.05) is 26.7 Å². The molecule has 0 bridgehead atoms. The van der Waals surface area contributed by atoms with Crippen molar-refractivity contribution in [2.75, 3.05) is 26.7 Å². The molecule has 1 aliphatic carbocycles. The molecule has 0 spiro atoms. The van der Waals surface area contributed by atoms with Gasteiger partial charge in [0.1, 0.15) is 0 Å². The number of nitrogens with zero attached hydrogens (tertiary/aromatic N) is 4. The van der Waals surface area contributed by atoms with E-state index < -0.39 is 0 Å². The van der Waals surface area contributed by atoms with E-state index in [9.17, 15) is 0 Å². The van der Waals surface area contributed by atoms with Gasteiger partial charge < -0.3 is 15.5 Å². The number of aliphatic imine (C=N–C) groups is 1. The highest BCUT2D eigenvalue weighted by molar-refractivity contribution is 14.0. The van der Waals surface area contributed by atoms with Gasteiger partial charge in [-0.05, 0) is 38.0 Å². The van der Waals surface area contributed by atoms with Crippen LogP contribution in [0.3, 0.4) is 0 Å². The Morgan fingerprint density at radius 1 is 1.18 bits per heavy atom. The lowest BCUT2D eigenvalue weighted by atomic mass is 10.1. The van der Waals surface area contributed by atoms with Crippen molar-refractivity contribution in [2.24, 2.45) is 18.0 Å². The maximum Gasteiger partial charge on any atom is 0.191 e. The van der Waals surface area contributed by atoms with E-state index in [1.165, 1.54) is 62.1 Å². The minimum atomic E-state index is 0. The van der Waals surface area contributed by atoms with Gasteiger partial charge in [0.25, 0.3) is 0 Å². The summed E-state index contributed by atoms with van der Waals surface area (Å²) in [4.78, 5) is 7.11. The molecule has 1 saturated heterocycles. The van der Waals surface area contributed by atoms with Crippen molar-refractivity contribution in [2.45, 2.75) is 71.4 Å². The number of aryl methyl sites for hydroxylation is 2. The number of halogens is 1. The van der Waals surface area contributed by atoms with Crippen LogP contribution in [0.25, 0.3) is 0 Å². The van der Waals surface area contributed by atoms with Gasteiger partial charge >= 0.3 is 0 Å². The Balaban J connectivity index is 0.00000280. The van der Waals surface area contributed by atoms with Crippen molar-refractivity contribution in [1.82, 2.24) is 25.3 Å². The van der Waals surface area contributed by atoms with E-state index in [1.807, 2.05) is 18.8 Å². The summed E-state index contributed by atoms with van der Waals surface area (Å²) in [5, 5.41) is 11.8. The maximum absolute atomic E-state index is 4.68. The van der Waals surface area contributed by atoms with E-state index in [0.29, 0.717) is 6.04 Å². The molecular formula is C21H39IN6. The predicted molar refractivity (Wildman–Crippen MR) is 128 cm³/mol. The van der Waals surface area contributed by atoms with E-state index in [4.69, 9.17) is 0 Å². The maximum atomic E-state index is 4.68. The highest BCUT2D eigenvalue weighted by Gasteiger charge is 2.26. The van der Waals surface area contributed by atoms with Crippen molar-refractivity contribution in [3.8, 4) is 0 Å². The van der Waals surface area contributed by atoms with Crippen LogP contribution in [0, 0.1) is 5.92 Å². The Bertz CT molecular complexity index is 635. The Hall–Kier alpha value is -0.830. The van der Waals surface area contributed by atoms with Crippen molar-refractivity contribution in [1.29, 1.82) is 0 Å².